The molecule has 20 heavy (non-hydrogen) atoms. The number of rotatable bonds is 5. The second-order valence-corrected chi connectivity index (χ2v) is 4.59. The van der Waals surface area contributed by atoms with Crippen LogP contribution < -0.4 is 10.6 Å². The van der Waals surface area contributed by atoms with E-state index in [1.165, 1.54) is 0 Å². The van der Waals surface area contributed by atoms with Crippen molar-refractivity contribution in [3.8, 4) is 0 Å². The monoisotopic (exact) mass is 290 g/mol. The highest BCUT2D eigenvalue weighted by atomic mass is 35.5. The molecule has 0 aliphatic carbocycles. The number of nitrogens with zero attached hydrogens (tertiary/aromatic N) is 2. The van der Waals surface area contributed by atoms with Crippen LogP contribution in [-0.4, -0.2) is 22.4 Å². The van der Waals surface area contributed by atoms with Crippen molar-refractivity contribution in [2.24, 2.45) is 0 Å². The van der Waals surface area contributed by atoms with Gasteiger partial charge < -0.3 is 10.6 Å². The van der Waals surface area contributed by atoms with Gasteiger partial charge in [-0.2, -0.15) is 0 Å². The van der Waals surface area contributed by atoms with Gasteiger partial charge in [0.05, 0.1) is 0 Å². The van der Waals surface area contributed by atoms with E-state index in [0.717, 1.165) is 12.1 Å². The molecule has 0 aliphatic heterocycles. The van der Waals surface area contributed by atoms with Gasteiger partial charge in [0.1, 0.15) is 5.69 Å². The van der Waals surface area contributed by atoms with Crippen LogP contribution in [0.15, 0.2) is 36.5 Å². The van der Waals surface area contributed by atoms with E-state index in [9.17, 15) is 4.79 Å². The van der Waals surface area contributed by atoms with Crippen LogP contribution in [0.5, 0.6) is 0 Å². The molecule has 1 aromatic carbocycles. The lowest BCUT2D eigenvalue weighted by molar-refractivity contribution is 0.0948. The van der Waals surface area contributed by atoms with E-state index in [0.29, 0.717) is 23.2 Å². The highest BCUT2D eigenvalue weighted by Gasteiger charge is 2.07. The Bertz CT molecular complexity index is 586. The third-order valence-electron chi connectivity index (χ3n) is 2.52. The van der Waals surface area contributed by atoms with Crippen molar-refractivity contribution in [1.29, 1.82) is 0 Å². The van der Waals surface area contributed by atoms with E-state index in [2.05, 4.69) is 20.6 Å². The highest BCUT2D eigenvalue weighted by molar-refractivity contribution is 6.30. The molecule has 104 valence electrons. The maximum atomic E-state index is 11.8. The number of carbonyl (C=O) groups is 1. The first-order valence-electron chi connectivity index (χ1n) is 6.33. The highest BCUT2D eigenvalue weighted by Crippen LogP contribution is 2.16. The molecular weight excluding hydrogens is 276 g/mol. The Morgan fingerprint density at radius 3 is 2.70 bits per heavy atom. The lowest BCUT2D eigenvalue weighted by atomic mass is 10.3. The Balaban J connectivity index is 2.09. The Hall–Kier alpha value is -2.14. The van der Waals surface area contributed by atoms with Crippen LogP contribution in [0.4, 0.5) is 11.6 Å². The lowest BCUT2D eigenvalue weighted by Gasteiger charge is -2.07. The number of hydrogen-bond donors (Lipinski definition) is 2. The molecule has 2 rings (SSSR count). The molecule has 5 nitrogen and oxygen atoms in total. The zero-order valence-corrected chi connectivity index (χ0v) is 11.8. The van der Waals surface area contributed by atoms with Gasteiger partial charge in [-0.05, 0) is 36.8 Å². The summed E-state index contributed by atoms with van der Waals surface area (Å²) in [5, 5.41) is 6.45. The summed E-state index contributed by atoms with van der Waals surface area (Å²) in [5.74, 6) is 0.171. The van der Waals surface area contributed by atoms with Crippen LogP contribution in [0.1, 0.15) is 23.8 Å². The Kier molecular flexibility index (Phi) is 4.90. The number of aromatic nitrogens is 2. The smallest absolute Gasteiger partial charge is 0.270 e. The number of halogens is 1. The van der Waals surface area contributed by atoms with E-state index in [4.69, 9.17) is 11.6 Å². The van der Waals surface area contributed by atoms with Crippen LogP contribution in [0.3, 0.4) is 0 Å². The van der Waals surface area contributed by atoms with Crippen molar-refractivity contribution >= 4 is 29.1 Å². The normalized spacial score (nSPS) is 10.1. The molecule has 0 unspecified atom stereocenters. The van der Waals surface area contributed by atoms with Crippen LogP contribution >= 0.6 is 11.6 Å². The summed E-state index contributed by atoms with van der Waals surface area (Å²) in [7, 11) is 0. The summed E-state index contributed by atoms with van der Waals surface area (Å²) in [6.45, 7) is 2.62. The van der Waals surface area contributed by atoms with Gasteiger partial charge in [0.25, 0.3) is 5.91 Å². The van der Waals surface area contributed by atoms with Gasteiger partial charge in [0.15, 0.2) is 0 Å². The third kappa shape index (κ3) is 3.93. The molecule has 1 amide bonds. The second kappa shape index (κ2) is 6.86. The van der Waals surface area contributed by atoms with Crippen LogP contribution in [0.25, 0.3) is 0 Å². The number of benzene rings is 1. The zero-order valence-electron chi connectivity index (χ0n) is 11.1. The standard InChI is InChI=1S/C14H15ClN4O/c1-2-8-16-13(20)12-7-9-17-14(19-12)18-11-5-3-10(15)4-6-11/h3-7,9H,2,8H2,1H3,(H,16,20)(H,17,18,19). The minimum atomic E-state index is -0.201. The van der Waals surface area contributed by atoms with Crippen molar-refractivity contribution in [2.75, 3.05) is 11.9 Å². The molecule has 2 aromatic rings. The third-order valence-corrected chi connectivity index (χ3v) is 2.78. The van der Waals surface area contributed by atoms with Gasteiger partial charge in [-0.15, -0.1) is 0 Å². The molecule has 0 aliphatic rings. The number of hydrogen-bond acceptors (Lipinski definition) is 4. The molecule has 0 spiro atoms. The minimum Gasteiger partial charge on any atom is -0.351 e. The fourth-order valence-electron chi connectivity index (χ4n) is 1.54. The number of nitrogens with one attached hydrogen (secondary N) is 2. The molecule has 0 atom stereocenters. The van der Waals surface area contributed by atoms with Gasteiger partial charge in [-0.25, -0.2) is 9.97 Å². The summed E-state index contributed by atoms with van der Waals surface area (Å²) in [6.07, 6.45) is 2.43. The molecule has 0 saturated heterocycles. The Morgan fingerprint density at radius 1 is 1.25 bits per heavy atom. The maximum absolute atomic E-state index is 11.8. The largest absolute Gasteiger partial charge is 0.351 e. The minimum absolute atomic E-state index is 0.201. The quantitative estimate of drug-likeness (QED) is 0.888. The van der Waals surface area contributed by atoms with Gasteiger partial charge in [0, 0.05) is 23.5 Å². The molecular formula is C14H15ClN4O. The van der Waals surface area contributed by atoms with E-state index < -0.39 is 0 Å². The fourth-order valence-corrected chi connectivity index (χ4v) is 1.66. The van der Waals surface area contributed by atoms with Crippen molar-refractivity contribution < 1.29 is 4.79 Å². The van der Waals surface area contributed by atoms with Crippen LogP contribution in [0.2, 0.25) is 5.02 Å². The molecule has 1 heterocycles. The van der Waals surface area contributed by atoms with E-state index in [1.807, 2.05) is 19.1 Å². The Morgan fingerprint density at radius 2 is 2.00 bits per heavy atom. The molecule has 0 saturated carbocycles. The van der Waals surface area contributed by atoms with Crippen molar-refractivity contribution in [2.45, 2.75) is 13.3 Å². The number of carbonyl (C=O) groups excluding carboxylic acids is 1. The lowest BCUT2D eigenvalue weighted by Crippen LogP contribution is -2.25. The predicted octanol–water partition coefficient (Wildman–Crippen LogP) is 3.01. The van der Waals surface area contributed by atoms with Crippen LogP contribution in [0, 0.1) is 0 Å². The van der Waals surface area contributed by atoms with E-state index in [-0.39, 0.29) is 5.91 Å². The molecule has 6 heteroatoms. The summed E-state index contributed by atoms with van der Waals surface area (Å²) >= 11 is 5.82. The van der Waals surface area contributed by atoms with Gasteiger partial charge in [-0.1, -0.05) is 18.5 Å². The van der Waals surface area contributed by atoms with Crippen molar-refractivity contribution in [1.82, 2.24) is 15.3 Å². The van der Waals surface area contributed by atoms with Gasteiger partial charge in [-0.3, -0.25) is 4.79 Å². The topological polar surface area (TPSA) is 66.9 Å². The molecule has 0 bridgehead atoms. The first kappa shape index (κ1) is 14.3. The first-order valence-corrected chi connectivity index (χ1v) is 6.70. The average Bonchev–Trinajstić information content (AvgIpc) is 2.47. The SMILES string of the molecule is CCCNC(=O)c1ccnc(Nc2ccc(Cl)cc2)n1. The summed E-state index contributed by atoms with van der Waals surface area (Å²) in [5.41, 5.74) is 1.14. The zero-order chi connectivity index (χ0) is 14.4. The predicted molar refractivity (Wildman–Crippen MR) is 79.4 cm³/mol. The number of amides is 1. The van der Waals surface area contributed by atoms with E-state index >= 15 is 0 Å². The molecule has 0 fully saturated rings. The van der Waals surface area contributed by atoms with E-state index in [1.54, 1.807) is 24.4 Å². The van der Waals surface area contributed by atoms with Gasteiger partial charge in [0.2, 0.25) is 5.95 Å². The fraction of sp³-hybridized carbons (Fsp3) is 0.214. The molecule has 0 radical (unpaired) electrons. The summed E-state index contributed by atoms with van der Waals surface area (Å²) in [6, 6.07) is 8.74. The summed E-state index contributed by atoms with van der Waals surface area (Å²) < 4.78 is 0. The molecule has 2 N–H and O–H groups in total. The second-order valence-electron chi connectivity index (χ2n) is 4.15. The molecule has 1 aromatic heterocycles. The van der Waals surface area contributed by atoms with Crippen molar-refractivity contribution in [3.63, 3.8) is 0 Å². The number of anilines is 2. The van der Waals surface area contributed by atoms with Crippen molar-refractivity contribution in [3.05, 3.63) is 47.2 Å². The average molecular weight is 291 g/mol. The first-order chi connectivity index (χ1) is 9.69. The Labute approximate surface area is 122 Å². The van der Waals surface area contributed by atoms with Gasteiger partial charge >= 0.3 is 0 Å². The summed E-state index contributed by atoms with van der Waals surface area (Å²) in [4.78, 5) is 20.1. The maximum Gasteiger partial charge on any atom is 0.270 e. The van der Waals surface area contributed by atoms with Crippen LogP contribution in [-0.2, 0) is 0 Å².